The lowest BCUT2D eigenvalue weighted by Crippen LogP contribution is -2.10. The fourth-order valence-electron chi connectivity index (χ4n) is 2.30. The van der Waals surface area contributed by atoms with Crippen LogP contribution in [0.15, 0.2) is 0 Å². The van der Waals surface area contributed by atoms with Gasteiger partial charge in [0, 0.05) is 0 Å². The molecule has 0 aromatic heterocycles. The van der Waals surface area contributed by atoms with Gasteiger partial charge in [0.15, 0.2) is 0 Å². The number of unbranched alkanes of at least 4 members (excludes halogenated alkanes) is 6. The molecule has 0 rings (SSSR count). The monoisotopic (exact) mass is 354 g/mol. The van der Waals surface area contributed by atoms with Crippen molar-refractivity contribution in [3.05, 3.63) is 0 Å². The smallest absolute Gasteiger partial charge is 0.244 e. The van der Waals surface area contributed by atoms with Gasteiger partial charge in [0.05, 0.1) is 12.2 Å². The molecule has 0 amide bonds. The lowest BCUT2D eigenvalue weighted by molar-refractivity contribution is 0.154. The SMILES string of the molecule is CCCCCCC(C)OP(=S)(S)OC(C)CCCCCC. The van der Waals surface area contributed by atoms with Crippen molar-refractivity contribution in [2.75, 3.05) is 0 Å². The third kappa shape index (κ3) is 14.3. The van der Waals surface area contributed by atoms with E-state index in [9.17, 15) is 0 Å². The lowest BCUT2D eigenvalue weighted by atomic mass is 10.1. The van der Waals surface area contributed by atoms with E-state index in [1.807, 2.05) is 0 Å². The number of hydrogen-bond acceptors (Lipinski definition) is 3. The van der Waals surface area contributed by atoms with Gasteiger partial charge in [-0.15, -0.1) is 0 Å². The summed E-state index contributed by atoms with van der Waals surface area (Å²) in [6, 6.07) is 0. The van der Waals surface area contributed by atoms with E-state index in [1.54, 1.807) is 0 Å². The molecule has 0 saturated carbocycles. The molecule has 0 heterocycles. The van der Waals surface area contributed by atoms with Crippen molar-refractivity contribution in [3.8, 4) is 0 Å². The molecule has 5 heteroatoms. The van der Waals surface area contributed by atoms with Gasteiger partial charge in [-0.25, -0.2) is 0 Å². The Morgan fingerprint density at radius 3 is 1.52 bits per heavy atom. The van der Waals surface area contributed by atoms with Crippen molar-refractivity contribution in [1.82, 2.24) is 0 Å². The number of rotatable bonds is 14. The van der Waals surface area contributed by atoms with Gasteiger partial charge in [-0.1, -0.05) is 77.5 Å². The molecule has 128 valence electrons. The van der Waals surface area contributed by atoms with Crippen LogP contribution in [-0.4, -0.2) is 12.2 Å². The molecular weight excluding hydrogens is 319 g/mol. The van der Waals surface area contributed by atoms with Gasteiger partial charge in [0.1, 0.15) is 0 Å². The van der Waals surface area contributed by atoms with E-state index < -0.39 is 5.69 Å². The zero-order valence-electron chi connectivity index (χ0n) is 14.3. The topological polar surface area (TPSA) is 18.5 Å². The third-order valence-corrected chi connectivity index (χ3v) is 5.89. The molecule has 0 aromatic rings. The van der Waals surface area contributed by atoms with Crippen LogP contribution in [0.2, 0.25) is 0 Å². The van der Waals surface area contributed by atoms with Crippen molar-refractivity contribution in [2.45, 2.75) is 104 Å². The molecule has 0 aliphatic heterocycles. The Balaban J connectivity index is 3.86. The Kier molecular flexibility index (Phi) is 14.0. The maximum Gasteiger partial charge on any atom is 0.244 e. The van der Waals surface area contributed by atoms with Crippen LogP contribution in [0.1, 0.15) is 91.9 Å². The molecule has 0 bridgehead atoms. The highest BCUT2D eigenvalue weighted by atomic mass is 32.9. The summed E-state index contributed by atoms with van der Waals surface area (Å²) in [6.45, 7) is 8.61. The largest absolute Gasteiger partial charge is 0.319 e. The summed E-state index contributed by atoms with van der Waals surface area (Å²) >= 11 is 9.90. The predicted octanol–water partition coefficient (Wildman–Crippen LogP) is 6.89. The Bertz CT molecular complexity index is 263. The summed E-state index contributed by atoms with van der Waals surface area (Å²) < 4.78 is 11.8. The van der Waals surface area contributed by atoms with E-state index in [2.05, 4.69) is 39.9 Å². The highest BCUT2D eigenvalue weighted by Crippen LogP contribution is 2.56. The van der Waals surface area contributed by atoms with Crippen LogP contribution in [0.3, 0.4) is 0 Å². The molecular formula is C16H35O2PS2. The van der Waals surface area contributed by atoms with Gasteiger partial charge in [-0.2, -0.15) is 0 Å². The molecule has 0 N–H and O–H groups in total. The van der Waals surface area contributed by atoms with Crippen LogP contribution >= 0.6 is 17.9 Å². The third-order valence-electron chi connectivity index (χ3n) is 3.55. The van der Waals surface area contributed by atoms with Gasteiger partial charge >= 0.3 is 0 Å². The van der Waals surface area contributed by atoms with Crippen LogP contribution in [0.25, 0.3) is 0 Å². The average Bonchev–Trinajstić information content (AvgIpc) is 2.38. The molecule has 0 saturated heterocycles. The van der Waals surface area contributed by atoms with Crippen LogP contribution in [0, 0.1) is 0 Å². The van der Waals surface area contributed by atoms with Crippen LogP contribution in [0.4, 0.5) is 0 Å². The van der Waals surface area contributed by atoms with Crippen LogP contribution in [-0.2, 0) is 20.9 Å². The second-order valence-electron chi connectivity index (χ2n) is 6.00. The molecule has 0 fully saturated rings. The van der Waals surface area contributed by atoms with Gasteiger partial charge in [0.2, 0.25) is 5.69 Å². The van der Waals surface area contributed by atoms with Crippen LogP contribution < -0.4 is 0 Å². The first-order valence-corrected chi connectivity index (χ1v) is 12.4. The first-order valence-electron chi connectivity index (χ1n) is 8.60. The fraction of sp³-hybridized carbons (Fsp3) is 1.00. The lowest BCUT2D eigenvalue weighted by Gasteiger charge is -2.24. The van der Waals surface area contributed by atoms with Crippen molar-refractivity contribution >= 4 is 29.7 Å². The molecule has 2 atom stereocenters. The fourth-order valence-corrected chi connectivity index (χ4v) is 5.32. The minimum Gasteiger partial charge on any atom is -0.319 e. The zero-order valence-corrected chi connectivity index (χ0v) is 17.0. The highest BCUT2D eigenvalue weighted by Gasteiger charge is 2.20. The van der Waals surface area contributed by atoms with E-state index in [1.165, 1.54) is 51.4 Å². The predicted molar refractivity (Wildman–Crippen MR) is 102 cm³/mol. The van der Waals surface area contributed by atoms with Crippen molar-refractivity contribution < 1.29 is 9.05 Å². The highest BCUT2D eigenvalue weighted by molar-refractivity contribution is 8.60. The second kappa shape index (κ2) is 13.4. The Morgan fingerprint density at radius 2 is 1.19 bits per heavy atom. The molecule has 0 aromatic carbocycles. The number of hydrogen-bond donors (Lipinski definition) is 1. The van der Waals surface area contributed by atoms with E-state index >= 15 is 0 Å². The van der Waals surface area contributed by atoms with Gasteiger partial charge in [-0.3, -0.25) is 0 Å². The summed E-state index contributed by atoms with van der Waals surface area (Å²) in [5.74, 6) is 0. The zero-order chi connectivity index (χ0) is 16.1. The number of thiol groups is 1. The maximum atomic E-state index is 5.88. The minimum atomic E-state index is -2.39. The summed E-state index contributed by atoms with van der Waals surface area (Å²) in [7, 11) is 0. The second-order valence-corrected chi connectivity index (χ2v) is 11.2. The van der Waals surface area contributed by atoms with Crippen molar-refractivity contribution in [1.29, 1.82) is 0 Å². The Labute approximate surface area is 143 Å². The van der Waals surface area contributed by atoms with Crippen molar-refractivity contribution in [3.63, 3.8) is 0 Å². The van der Waals surface area contributed by atoms with E-state index in [4.69, 9.17) is 20.9 Å². The molecule has 0 aliphatic carbocycles. The van der Waals surface area contributed by atoms with Gasteiger partial charge in [-0.05, 0) is 38.5 Å². The van der Waals surface area contributed by atoms with Gasteiger partial charge < -0.3 is 9.05 Å². The standard InChI is InChI=1S/C16H35O2PS2/c1-5-7-9-11-13-15(3)17-19(20,21)18-16(4)14-12-10-8-6-2/h15-16H,5-14H2,1-4H3,(H,20,21). The summed E-state index contributed by atoms with van der Waals surface area (Å²) in [5, 5.41) is 0. The summed E-state index contributed by atoms with van der Waals surface area (Å²) in [6.07, 6.45) is 12.5. The minimum absolute atomic E-state index is 0.150. The Morgan fingerprint density at radius 1 is 0.810 bits per heavy atom. The average molecular weight is 355 g/mol. The molecule has 0 spiro atoms. The molecule has 0 aliphatic rings. The quantitative estimate of drug-likeness (QED) is 0.208. The maximum absolute atomic E-state index is 5.88. The van der Waals surface area contributed by atoms with E-state index in [0.29, 0.717) is 0 Å². The molecule has 2 nitrogen and oxygen atoms in total. The van der Waals surface area contributed by atoms with E-state index in [-0.39, 0.29) is 12.2 Å². The molecule has 2 unspecified atom stereocenters. The molecule has 21 heavy (non-hydrogen) atoms. The Hall–Kier alpha value is 0.920. The summed E-state index contributed by atoms with van der Waals surface area (Å²) in [4.78, 5) is 0. The first kappa shape index (κ1) is 21.9. The summed E-state index contributed by atoms with van der Waals surface area (Å²) in [5.41, 5.74) is -2.39. The normalized spacial score (nSPS) is 17.4. The first-order chi connectivity index (χ1) is 9.91. The van der Waals surface area contributed by atoms with Gasteiger partial charge in [0.25, 0.3) is 0 Å². The van der Waals surface area contributed by atoms with Crippen LogP contribution in [0.5, 0.6) is 0 Å². The molecule has 0 radical (unpaired) electrons. The van der Waals surface area contributed by atoms with Crippen molar-refractivity contribution in [2.24, 2.45) is 0 Å². The van der Waals surface area contributed by atoms with E-state index in [0.717, 1.165) is 12.8 Å².